The van der Waals surface area contributed by atoms with E-state index >= 15 is 0 Å². The molecule has 1 unspecified atom stereocenters. The van der Waals surface area contributed by atoms with Crippen molar-refractivity contribution in [3.63, 3.8) is 0 Å². The van der Waals surface area contributed by atoms with Crippen LogP contribution < -0.4 is 10.9 Å². The number of amides is 1. The number of aromatic nitrogens is 5. The maximum atomic E-state index is 13.7. The van der Waals surface area contributed by atoms with Crippen LogP contribution in [0, 0.1) is 5.82 Å². The molecule has 1 atom stereocenters. The van der Waals surface area contributed by atoms with Crippen molar-refractivity contribution in [1.29, 1.82) is 0 Å². The Bertz CT molecular complexity index is 1140. The monoisotopic (exact) mass is 414 g/mol. The first-order valence-corrected chi connectivity index (χ1v) is 9.36. The van der Waals surface area contributed by atoms with Gasteiger partial charge in [-0.2, -0.15) is 5.10 Å². The minimum atomic E-state index is -0.734. The molecule has 4 rings (SSSR count). The summed E-state index contributed by atoms with van der Waals surface area (Å²) in [5.41, 5.74) is -0.106. The highest BCUT2D eigenvalue weighted by atomic mass is 19.1. The summed E-state index contributed by atoms with van der Waals surface area (Å²) in [6.07, 6.45) is 2.84. The van der Waals surface area contributed by atoms with Gasteiger partial charge in [0.1, 0.15) is 30.4 Å². The van der Waals surface area contributed by atoms with Gasteiger partial charge in [-0.25, -0.2) is 19.0 Å². The molecule has 2 aromatic heterocycles. The van der Waals surface area contributed by atoms with Gasteiger partial charge in [-0.15, -0.1) is 0 Å². The average molecular weight is 414 g/mol. The highest BCUT2D eigenvalue weighted by molar-refractivity contribution is 5.94. The fourth-order valence-corrected chi connectivity index (χ4v) is 3.33. The van der Waals surface area contributed by atoms with Crippen molar-refractivity contribution in [3.8, 4) is 11.4 Å². The lowest BCUT2D eigenvalue weighted by Gasteiger charge is -2.26. The Kier molecular flexibility index (Phi) is 5.27. The Balaban J connectivity index is 1.62. The Labute approximate surface area is 170 Å². The summed E-state index contributed by atoms with van der Waals surface area (Å²) < 4.78 is 22.0. The van der Waals surface area contributed by atoms with E-state index in [1.807, 2.05) is 6.92 Å². The summed E-state index contributed by atoms with van der Waals surface area (Å²) in [7, 11) is 0. The van der Waals surface area contributed by atoms with Gasteiger partial charge in [0, 0.05) is 6.54 Å². The number of benzene rings is 1. The number of carbonyl (C=O) groups excluding carboxylic acids is 1. The molecule has 3 aromatic rings. The van der Waals surface area contributed by atoms with Crippen LogP contribution >= 0.6 is 0 Å². The zero-order valence-electron chi connectivity index (χ0n) is 16.1. The molecule has 2 N–H and O–H groups in total. The molecule has 0 spiro atoms. The van der Waals surface area contributed by atoms with Crippen LogP contribution in [0.3, 0.4) is 0 Å². The molecule has 156 valence electrons. The van der Waals surface area contributed by atoms with Crippen molar-refractivity contribution < 1.29 is 19.0 Å². The smallest absolute Gasteiger partial charge is 0.296 e. The number of rotatable bonds is 5. The van der Waals surface area contributed by atoms with E-state index in [0.717, 1.165) is 0 Å². The molecule has 11 heteroatoms. The fourth-order valence-electron chi connectivity index (χ4n) is 3.33. The molecular formula is C19H19FN6O4. The number of aromatic hydroxyl groups is 1. The molecular weight excluding hydrogens is 395 g/mol. The number of nitrogens with one attached hydrogen (secondary N) is 1. The normalized spacial score (nSPS) is 15.6. The number of hydrogen-bond acceptors (Lipinski definition) is 7. The zero-order chi connectivity index (χ0) is 21.3. The van der Waals surface area contributed by atoms with Crippen LogP contribution in [-0.2, 0) is 17.8 Å². The number of nitrogens with zero attached hydrogens (tertiary/aromatic N) is 5. The lowest BCUT2D eigenvalue weighted by Crippen LogP contribution is -2.36. The maximum absolute atomic E-state index is 13.7. The van der Waals surface area contributed by atoms with Crippen LogP contribution in [0.25, 0.3) is 5.69 Å². The quantitative estimate of drug-likeness (QED) is 0.640. The number of halogens is 1. The third kappa shape index (κ3) is 3.54. The molecule has 3 heterocycles. The third-order valence-corrected chi connectivity index (χ3v) is 4.84. The van der Waals surface area contributed by atoms with Gasteiger partial charge in [0.2, 0.25) is 5.75 Å². The van der Waals surface area contributed by atoms with Crippen LogP contribution in [0.1, 0.15) is 41.3 Å². The lowest BCUT2D eigenvalue weighted by molar-refractivity contribution is 0.0113. The predicted octanol–water partition coefficient (Wildman–Crippen LogP) is 1.08. The fraction of sp³-hybridized carbons (Fsp3) is 0.316. The summed E-state index contributed by atoms with van der Waals surface area (Å²) in [5.74, 6) is -1.61. The molecule has 1 aliphatic heterocycles. The second-order valence-corrected chi connectivity index (χ2v) is 6.69. The van der Waals surface area contributed by atoms with Gasteiger partial charge in [0.05, 0.1) is 18.8 Å². The van der Waals surface area contributed by atoms with Gasteiger partial charge in [0.15, 0.2) is 5.69 Å². The van der Waals surface area contributed by atoms with Gasteiger partial charge in [0.25, 0.3) is 11.5 Å². The molecule has 10 nitrogen and oxygen atoms in total. The van der Waals surface area contributed by atoms with E-state index in [9.17, 15) is 19.1 Å². The molecule has 1 aromatic carbocycles. The Morgan fingerprint density at radius 1 is 1.43 bits per heavy atom. The van der Waals surface area contributed by atoms with Crippen LogP contribution in [0.4, 0.5) is 4.39 Å². The van der Waals surface area contributed by atoms with E-state index in [2.05, 4.69) is 20.4 Å². The summed E-state index contributed by atoms with van der Waals surface area (Å²) in [5, 5.41) is 16.8. The molecule has 1 aliphatic rings. The Morgan fingerprint density at radius 3 is 3.00 bits per heavy atom. The number of carbonyl (C=O) groups is 1. The molecule has 1 amide bonds. The van der Waals surface area contributed by atoms with Crippen LogP contribution in [0.2, 0.25) is 0 Å². The first-order chi connectivity index (χ1) is 14.5. The van der Waals surface area contributed by atoms with Gasteiger partial charge in [-0.3, -0.25) is 14.2 Å². The summed E-state index contributed by atoms with van der Waals surface area (Å²) in [6.45, 7) is 2.44. The van der Waals surface area contributed by atoms with E-state index < -0.39 is 29.1 Å². The first kappa shape index (κ1) is 19.7. The lowest BCUT2D eigenvalue weighted by atomic mass is 10.1. The van der Waals surface area contributed by atoms with Gasteiger partial charge < -0.3 is 15.2 Å². The second-order valence-electron chi connectivity index (χ2n) is 6.69. The van der Waals surface area contributed by atoms with E-state index in [-0.39, 0.29) is 18.8 Å². The topological polar surface area (TPSA) is 124 Å². The Morgan fingerprint density at radius 2 is 2.27 bits per heavy atom. The van der Waals surface area contributed by atoms with Crippen LogP contribution in [-0.4, -0.2) is 41.9 Å². The second kappa shape index (κ2) is 8.03. The Hall–Kier alpha value is -3.60. The zero-order valence-corrected chi connectivity index (χ0v) is 16.1. The van der Waals surface area contributed by atoms with Crippen molar-refractivity contribution in [3.05, 3.63) is 64.1 Å². The number of hydrogen-bond donors (Lipinski definition) is 2. The summed E-state index contributed by atoms with van der Waals surface area (Å²) in [6, 6.07) is 4.02. The van der Waals surface area contributed by atoms with E-state index in [1.165, 1.54) is 40.1 Å². The van der Waals surface area contributed by atoms with Crippen molar-refractivity contribution in [2.45, 2.75) is 32.5 Å². The van der Waals surface area contributed by atoms with Crippen molar-refractivity contribution in [2.75, 3.05) is 6.61 Å². The molecule has 30 heavy (non-hydrogen) atoms. The van der Waals surface area contributed by atoms with Crippen molar-refractivity contribution >= 4 is 5.91 Å². The maximum Gasteiger partial charge on any atom is 0.296 e. The molecule has 0 aliphatic carbocycles. The third-order valence-electron chi connectivity index (χ3n) is 4.84. The standard InChI is InChI=1S/C19H19FN6O4/c1-2-14-17-24-15(16(27)19(29)25(17)5-6-30-14)18(28)22-8-11-3-4-12(20)7-13(11)26-10-21-9-23-26/h3-4,7,9-10,14,27H,2,5-6,8H2,1H3,(H,22,28). The van der Waals surface area contributed by atoms with Crippen molar-refractivity contribution in [2.24, 2.45) is 0 Å². The highest BCUT2D eigenvalue weighted by Gasteiger charge is 2.28. The van der Waals surface area contributed by atoms with Crippen LogP contribution in [0.15, 0.2) is 35.6 Å². The van der Waals surface area contributed by atoms with E-state index in [1.54, 1.807) is 0 Å². The predicted molar refractivity (Wildman–Crippen MR) is 102 cm³/mol. The van der Waals surface area contributed by atoms with Gasteiger partial charge in [-0.1, -0.05) is 13.0 Å². The summed E-state index contributed by atoms with van der Waals surface area (Å²) >= 11 is 0. The average Bonchev–Trinajstić information content (AvgIpc) is 3.29. The molecule has 0 fully saturated rings. The number of fused-ring (bicyclic) bond motifs is 1. The molecule has 0 bridgehead atoms. The van der Waals surface area contributed by atoms with Crippen molar-refractivity contribution in [1.82, 2.24) is 29.6 Å². The minimum absolute atomic E-state index is 0.0124. The first-order valence-electron chi connectivity index (χ1n) is 9.36. The molecule has 0 radical (unpaired) electrons. The highest BCUT2D eigenvalue weighted by Crippen LogP contribution is 2.24. The molecule has 0 saturated carbocycles. The van der Waals surface area contributed by atoms with Gasteiger partial charge >= 0.3 is 0 Å². The minimum Gasteiger partial charge on any atom is -0.501 e. The molecule has 0 saturated heterocycles. The van der Waals surface area contributed by atoms with Gasteiger partial charge in [-0.05, 0) is 24.1 Å². The SMILES string of the molecule is CCC1OCCn2c1nc(C(=O)NCc1ccc(F)cc1-n1cncn1)c(O)c2=O. The van der Waals surface area contributed by atoms with E-state index in [0.29, 0.717) is 30.1 Å². The van der Waals surface area contributed by atoms with E-state index in [4.69, 9.17) is 4.74 Å². The largest absolute Gasteiger partial charge is 0.501 e. The number of ether oxygens (including phenoxy) is 1. The summed E-state index contributed by atoms with van der Waals surface area (Å²) in [4.78, 5) is 33.3. The van der Waals surface area contributed by atoms with Crippen LogP contribution in [0.5, 0.6) is 5.75 Å².